The fraction of sp³-hybridized carbons (Fsp3) is 0.190. The van der Waals surface area contributed by atoms with Gasteiger partial charge in [-0.15, -0.1) is 0 Å². The lowest BCUT2D eigenvalue weighted by Crippen LogP contribution is -2.41. The number of nitrogens with one attached hydrogen (secondary N) is 1. The molecule has 0 spiro atoms. The number of methoxy groups -OCH3 is 1. The number of nitrogens with zero attached hydrogens (tertiary/aromatic N) is 1. The van der Waals surface area contributed by atoms with Crippen LogP contribution in [0.1, 0.15) is 15.9 Å². The first-order valence-corrected chi connectivity index (χ1v) is 9.93. The molecule has 0 unspecified atom stereocenters. The molecule has 2 aliphatic heterocycles. The van der Waals surface area contributed by atoms with Crippen molar-refractivity contribution in [3.05, 3.63) is 58.5 Å². The van der Waals surface area contributed by atoms with E-state index in [9.17, 15) is 14.4 Å². The number of imide groups is 1. The Labute approximate surface area is 176 Å². The topological polar surface area (TPSA) is 94.2 Å². The molecule has 8 nitrogen and oxygen atoms in total. The Bertz CT molecular complexity index is 1030. The van der Waals surface area contributed by atoms with Crippen LogP contribution in [-0.2, 0) is 4.79 Å². The van der Waals surface area contributed by atoms with Crippen molar-refractivity contribution in [2.75, 3.05) is 27.0 Å². The van der Waals surface area contributed by atoms with Gasteiger partial charge in [0.2, 0.25) is 0 Å². The number of hydrogen-bond acceptors (Lipinski definition) is 7. The molecule has 0 aliphatic carbocycles. The largest absolute Gasteiger partial charge is 0.493 e. The number of fused-ring (bicyclic) bond motifs is 1. The molecular weight excluding hydrogens is 408 g/mol. The van der Waals surface area contributed by atoms with Crippen LogP contribution >= 0.6 is 11.8 Å². The lowest BCUT2D eigenvalue weighted by atomic mass is 10.1. The van der Waals surface area contributed by atoms with Crippen LogP contribution in [0.5, 0.6) is 17.2 Å². The Balaban J connectivity index is 1.32. The summed E-state index contributed by atoms with van der Waals surface area (Å²) in [6, 6.07) is 12.3. The highest BCUT2D eigenvalue weighted by molar-refractivity contribution is 8.18. The van der Waals surface area contributed by atoms with Gasteiger partial charge in [-0.1, -0.05) is 18.2 Å². The molecule has 0 saturated carbocycles. The number of para-hydroxylation sites is 1. The maximum atomic E-state index is 12.7. The average molecular weight is 426 g/mol. The molecule has 0 atom stereocenters. The van der Waals surface area contributed by atoms with Gasteiger partial charge in [-0.25, -0.2) is 0 Å². The van der Waals surface area contributed by atoms with Crippen molar-refractivity contribution in [1.29, 1.82) is 0 Å². The van der Waals surface area contributed by atoms with Gasteiger partial charge in [-0.3, -0.25) is 19.7 Å². The second kappa shape index (κ2) is 8.50. The fourth-order valence-electron chi connectivity index (χ4n) is 3.04. The highest BCUT2D eigenvalue weighted by Crippen LogP contribution is 2.34. The molecule has 1 saturated heterocycles. The number of carbonyl (C=O) groups excluding carboxylic acids is 3. The molecule has 9 heteroatoms. The first-order valence-electron chi connectivity index (χ1n) is 9.12. The minimum Gasteiger partial charge on any atom is -0.493 e. The van der Waals surface area contributed by atoms with Crippen molar-refractivity contribution in [2.24, 2.45) is 0 Å². The van der Waals surface area contributed by atoms with Crippen LogP contribution in [0.25, 0.3) is 6.08 Å². The van der Waals surface area contributed by atoms with Crippen LogP contribution in [0.3, 0.4) is 0 Å². The van der Waals surface area contributed by atoms with Crippen molar-refractivity contribution >= 4 is 34.9 Å². The van der Waals surface area contributed by atoms with Gasteiger partial charge >= 0.3 is 0 Å². The zero-order chi connectivity index (χ0) is 21.1. The third-order valence-electron chi connectivity index (χ3n) is 4.53. The Kier molecular flexibility index (Phi) is 5.62. The maximum Gasteiger partial charge on any atom is 0.290 e. The lowest BCUT2D eigenvalue weighted by molar-refractivity contribution is -0.115. The predicted molar refractivity (Wildman–Crippen MR) is 111 cm³/mol. The van der Waals surface area contributed by atoms with Crippen molar-refractivity contribution in [3.63, 3.8) is 0 Å². The quantitative estimate of drug-likeness (QED) is 0.710. The highest BCUT2D eigenvalue weighted by Gasteiger charge is 2.28. The van der Waals surface area contributed by atoms with Gasteiger partial charge in [-0.2, -0.15) is 0 Å². The molecule has 4 rings (SSSR count). The third kappa shape index (κ3) is 4.11. The molecule has 2 aromatic carbocycles. The van der Waals surface area contributed by atoms with Gasteiger partial charge in [0.05, 0.1) is 24.1 Å². The molecule has 1 fully saturated rings. The number of carbonyl (C=O) groups is 3. The molecule has 2 heterocycles. The van der Waals surface area contributed by atoms with Crippen molar-refractivity contribution in [3.8, 4) is 17.2 Å². The van der Waals surface area contributed by atoms with E-state index in [4.69, 9.17) is 14.2 Å². The number of ether oxygens (including phenoxy) is 3. The third-order valence-corrected chi connectivity index (χ3v) is 5.34. The number of rotatable bonds is 6. The number of benzene rings is 2. The first kappa shape index (κ1) is 19.8. The Hall–Kier alpha value is -3.46. The molecule has 3 amide bonds. The molecular formula is C21H18N2O6S. The fourth-order valence-corrected chi connectivity index (χ4v) is 3.72. The SMILES string of the molecule is COc1cccc2c1OCN(CCOc1ccc(/C=C3\SC(=O)NC3=O)cc1)C2=O. The molecule has 0 aromatic heterocycles. The normalized spacial score (nSPS) is 16.9. The van der Waals surface area contributed by atoms with Gasteiger partial charge in [0.25, 0.3) is 17.1 Å². The highest BCUT2D eigenvalue weighted by atomic mass is 32.2. The Morgan fingerprint density at radius 3 is 2.67 bits per heavy atom. The van der Waals surface area contributed by atoms with Gasteiger partial charge in [0.1, 0.15) is 12.4 Å². The molecule has 0 radical (unpaired) electrons. The van der Waals surface area contributed by atoms with Crippen LogP contribution in [0.2, 0.25) is 0 Å². The Morgan fingerprint density at radius 1 is 1.17 bits per heavy atom. The van der Waals surface area contributed by atoms with Crippen molar-refractivity contribution in [2.45, 2.75) is 0 Å². The number of amides is 3. The van der Waals surface area contributed by atoms with Gasteiger partial charge in [0, 0.05) is 0 Å². The van der Waals surface area contributed by atoms with E-state index in [-0.39, 0.29) is 17.9 Å². The lowest BCUT2D eigenvalue weighted by Gasteiger charge is -2.29. The van der Waals surface area contributed by atoms with Crippen LogP contribution in [0.15, 0.2) is 47.4 Å². The zero-order valence-corrected chi connectivity index (χ0v) is 16.9. The minimum atomic E-state index is -0.391. The van der Waals surface area contributed by atoms with E-state index in [2.05, 4.69) is 5.32 Å². The summed E-state index contributed by atoms with van der Waals surface area (Å²) in [5, 5.41) is 1.84. The summed E-state index contributed by atoms with van der Waals surface area (Å²) in [4.78, 5) is 37.4. The van der Waals surface area contributed by atoms with Gasteiger partial charge in [-0.05, 0) is 47.7 Å². The standard InChI is InChI=1S/C21H18N2O6S/c1-27-16-4-2-3-15-18(16)29-12-23(20(15)25)9-10-28-14-7-5-13(6-8-14)11-17-19(24)22-21(26)30-17/h2-8,11H,9-10,12H2,1H3,(H,22,24,26)/b17-11-. The van der Waals surface area contributed by atoms with Gasteiger partial charge < -0.3 is 19.1 Å². The van der Waals surface area contributed by atoms with E-state index in [1.807, 2.05) is 0 Å². The smallest absolute Gasteiger partial charge is 0.290 e. The summed E-state index contributed by atoms with van der Waals surface area (Å²) in [6.45, 7) is 0.780. The molecule has 154 valence electrons. The first-order chi connectivity index (χ1) is 14.5. The van der Waals surface area contributed by atoms with E-state index in [0.717, 1.165) is 17.3 Å². The molecule has 2 aromatic rings. The van der Waals surface area contributed by atoms with Gasteiger partial charge in [0.15, 0.2) is 18.2 Å². The number of thioether (sulfide) groups is 1. The maximum absolute atomic E-state index is 12.7. The van der Waals surface area contributed by atoms with Crippen LogP contribution in [0.4, 0.5) is 4.79 Å². The predicted octanol–water partition coefficient (Wildman–Crippen LogP) is 2.89. The van der Waals surface area contributed by atoms with Crippen LogP contribution in [0, 0.1) is 0 Å². The molecule has 2 aliphatic rings. The van der Waals surface area contributed by atoms with Crippen molar-refractivity contribution in [1.82, 2.24) is 10.2 Å². The van der Waals surface area contributed by atoms with E-state index in [1.165, 1.54) is 7.11 Å². The second-order valence-corrected chi connectivity index (χ2v) is 7.46. The summed E-state index contributed by atoms with van der Waals surface area (Å²) in [5.41, 5.74) is 1.24. The molecule has 1 N–H and O–H groups in total. The summed E-state index contributed by atoms with van der Waals surface area (Å²) in [7, 11) is 1.53. The Morgan fingerprint density at radius 2 is 1.97 bits per heavy atom. The summed E-state index contributed by atoms with van der Waals surface area (Å²) in [5.74, 6) is 1.09. The van der Waals surface area contributed by atoms with Crippen molar-refractivity contribution < 1.29 is 28.6 Å². The second-order valence-electron chi connectivity index (χ2n) is 6.45. The molecule has 0 bridgehead atoms. The summed E-state index contributed by atoms with van der Waals surface area (Å²) in [6.07, 6.45) is 1.64. The molecule has 30 heavy (non-hydrogen) atoms. The average Bonchev–Trinajstić information content (AvgIpc) is 3.07. The monoisotopic (exact) mass is 426 g/mol. The van der Waals surface area contributed by atoms with E-state index < -0.39 is 5.91 Å². The minimum absolute atomic E-state index is 0.126. The van der Waals surface area contributed by atoms with E-state index >= 15 is 0 Å². The van der Waals surface area contributed by atoms with Crippen LogP contribution in [-0.4, -0.2) is 48.9 Å². The summed E-state index contributed by atoms with van der Waals surface area (Å²) < 4.78 is 16.6. The van der Waals surface area contributed by atoms with Crippen LogP contribution < -0.4 is 19.5 Å². The van der Waals surface area contributed by atoms with E-state index in [1.54, 1.807) is 53.4 Å². The zero-order valence-electron chi connectivity index (χ0n) is 16.0. The summed E-state index contributed by atoms with van der Waals surface area (Å²) >= 11 is 0.873. The number of hydrogen-bond donors (Lipinski definition) is 1. The van der Waals surface area contributed by atoms with E-state index in [0.29, 0.717) is 40.9 Å².